The normalized spacial score (nSPS) is 16.9. The molecule has 2 aromatic carbocycles. The molecule has 0 bridgehead atoms. The van der Waals surface area contributed by atoms with Crippen LogP contribution in [0.5, 0.6) is 11.5 Å². The number of para-hydroxylation sites is 1. The third-order valence-electron chi connectivity index (χ3n) is 5.70. The lowest BCUT2D eigenvalue weighted by atomic mass is 9.93. The van der Waals surface area contributed by atoms with Gasteiger partial charge in [0.25, 0.3) is 0 Å². The first-order chi connectivity index (χ1) is 17.4. The van der Waals surface area contributed by atoms with E-state index >= 15 is 0 Å². The topological polar surface area (TPSA) is 80.2 Å². The average molecular weight is 506 g/mol. The summed E-state index contributed by atoms with van der Waals surface area (Å²) in [6.07, 6.45) is 0.185. The smallest absolute Gasteiger partial charge is 0.338 e. The zero-order valence-corrected chi connectivity index (χ0v) is 21.8. The lowest BCUT2D eigenvalue weighted by molar-refractivity contribution is -0.139. The molecule has 36 heavy (non-hydrogen) atoms. The Hall–Kier alpha value is -3.52. The number of carbonyl (C=O) groups is 2. The molecule has 0 saturated carbocycles. The third-order valence-corrected chi connectivity index (χ3v) is 6.59. The number of amidine groups is 1. The Bertz CT molecular complexity index is 1220. The van der Waals surface area contributed by atoms with Crippen molar-refractivity contribution in [2.45, 2.75) is 40.2 Å². The molecule has 1 atom stereocenters. The molecule has 0 radical (unpaired) electrons. The van der Waals surface area contributed by atoms with Gasteiger partial charge < -0.3 is 19.7 Å². The highest BCUT2D eigenvalue weighted by atomic mass is 32.2. The second kappa shape index (κ2) is 11.5. The summed E-state index contributed by atoms with van der Waals surface area (Å²) in [5, 5.41) is 5.64. The van der Waals surface area contributed by atoms with E-state index in [0.29, 0.717) is 29.5 Å². The van der Waals surface area contributed by atoms with Crippen molar-refractivity contribution in [2.24, 2.45) is 10.9 Å². The Kier molecular flexibility index (Phi) is 8.15. The van der Waals surface area contributed by atoms with Crippen molar-refractivity contribution < 1.29 is 19.1 Å². The highest BCUT2D eigenvalue weighted by Crippen LogP contribution is 2.45. The highest BCUT2D eigenvalue weighted by Gasteiger charge is 2.41. The van der Waals surface area contributed by atoms with Gasteiger partial charge >= 0.3 is 5.97 Å². The van der Waals surface area contributed by atoms with Gasteiger partial charge in [-0.05, 0) is 55.0 Å². The number of carbonyl (C=O) groups excluding carboxylic acids is 2. The van der Waals surface area contributed by atoms with E-state index in [1.807, 2.05) is 71.8 Å². The van der Waals surface area contributed by atoms with Gasteiger partial charge in [-0.3, -0.25) is 4.79 Å². The molecule has 0 saturated heterocycles. The Morgan fingerprint density at radius 1 is 1.11 bits per heavy atom. The molecule has 1 N–H and O–H groups in total. The predicted octanol–water partition coefficient (Wildman–Crippen LogP) is 5.78. The van der Waals surface area contributed by atoms with E-state index in [2.05, 4.69) is 19.2 Å². The number of allylic oxidation sites excluding steroid dienone is 1. The van der Waals surface area contributed by atoms with Crippen molar-refractivity contribution in [2.75, 3.05) is 13.2 Å². The van der Waals surface area contributed by atoms with Gasteiger partial charge in [-0.1, -0.05) is 55.9 Å². The van der Waals surface area contributed by atoms with Crippen LogP contribution in [0, 0.1) is 5.92 Å². The van der Waals surface area contributed by atoms with Crippen LogP contribution in [0.25, 0.3) is 0 Å². The molecule has 0 spiro atoms. The molecule has 4 rings (SSSR count). The predicted molar refractivity (Wildman–Crippen MR) is 142 cm³/mol. The fourth-order valence-electron chi connectivity index (χ4n) is 4.07. The molecule has 2 aromatic rings. The van der Waals surface area contributed by atoms with Gasteiger partial charge in [-0.2, -0.15) is 0 Å². The van der Waals surface area contributed by atoms with Crippen LogP contribution >= 0.6 is 11.8 Å². The third kappa shape index (κ3) is 5.82. The molecule has 8 heteroatoms. The summed E-state index contributed by atoms with van der Waals surface area (Å²) in [5.74, 6) is 1.24. The fraction of sp³-hybridized carbons (Fsp3) is 0.321. The van der Waals surface area contributed by atoms with E-state index in [1.54, 1.807) is 6.92 Å². The second-order valence-electron chi connectivity index (χ2n) is 8.98. The first kappa shape index (κ1) is 25.6. The first-order valence-corrected chi connectivity index (χ1v) is 13.0. The van der Waals surface area contributed by atoms with Crippen LogP contribution in [0.1, 0.15) is 45.7 Å². The van der Waals surface area contributed by atoms with Crippen LogP contribution in [0.4, 0.5) is 0 Å². The molecule has 2 heterocycles. The van der Waals surface area contributed by atoms with E-state index in [1.165, 1.54) is 11.8 Å². The number of thioether (sulfide) groups is 1. The maximum atomic E-state index is 13.2. The lowest BCUT2D eigenvalue weighted by Crippen LogP contribution is -2.38. The van der Waals surface area contributed by atoms with Crippen molar-refractivity contribution in [3.05, 3.63) is 82.5 Å². The van der Waals surface area contributed by atoms with Gasteiger partial charge in [-0.25, -0.2) is 9.79 Å². The first-order valence-electron chi connectivity index (χ1n) is 12.1. The van der Waals surface area contributed by atoms with E-state index in [4.69, 9.17) is 14.5 Å². The molecule has 0 fully saturated rings. The Morgan fingerprint density at radius 3 is 2.58 bits per heavy atom. The fourth-order valence-corrected chi connectivity index (χ4v) is 5.04. The Morgan fingerprint density at radius 2 is 1.86 bits per heavy atom. The van der Waals surface area contributed by atoms with E-state index in [-0.39, 0.29) is 18.9 Å². The average Bonchev–Trinajstić information content (AvgIpc) is 3.24. The molecule has 2 aliphatic rings. The van der Waals surface area contributed by atoms with Crippen LogP contribution in [-0.2, 0) is 14.3 Å². The Labute approximate surface area is 216 Å². The Balaban J connectivity index is 1.70. The number of rotatable bonds is 9. The molecule has 2 aliphatic heterocycles. The molecule has 188 valence electrons. The van der Waals surface area contributed by atoms with Crippen LogP contribution in [0.3, 0.4) is 0 Å². The molecular weight excluding hydrogens is 474 g/mol. The van der Waals surface area contributed by atoms with Crippen LogP contribution in [-0.4, -0.2) is 35.1 Å². The van der Waals surface area contributed by atoms with Crippen molar-refractivity contribution >= 4 is 28.8 Å². The molecule has 7 nitrogen and oxygen atoms in total. The van der Waals surface area contributed by atoms with Crippen LogP contribution in [0.15, 0.2) is 82.0 Å². The quantitative estimate of drug-likeness (QED) is 0.435. The van der Waals surface area contributed by atoms with Crippen LogP contribution < -0.4 is 10.1 Å². The minimum Gasteiger partial charge on any atom is -0.463 e. The number of nitrogens with one attached hydrogen (secondary N) is 1. The largest absolute Gasteiger partial charge is 0.463 e. The highest BCUT2D eigenvalue weighted by molar-refractivity contribution is 8.16. The molecule has 1 amide bonds. The number of fused-ring (bicyclic) bond motifs is 1. The van der Waals surface area contributed by atoms with Crippen molar-refractivity contribution in [1.82, 2.24) is 10.2 Å². The molecule has 1 unspecified atom stereocenters. The standard InChI is InChI=1S/C28H31N3O4S/c1-5-34-27(33)25-19(4)30-28-31(21(17-36-28)15-24(32)29-16-18(2)3)26(25)20-10-9-13-23(14-20)35-22-11-7-6-8-12-22/h6-14,17-18,26H,5,15-16H2,1-4H3,(H,29,32). The van der Waals surface area contributed by atoms with Gasteiger partial charge in [0, 0.05) is 12.2 Å². The van der Waals surface area contributed by atoms with E-state index in [9.17, 15) is 9.59 Å². The lowest BCUT2D eigenvalue weighted by Gasteiger charge is -2.36. The molecule has 0 aliphatic carbocycles. The maximum Gasteiger partial charge on any atom is 0.338 e. The summed E-state index contributed by atoms with van der Waals surface area (Å²) in [7, 11) is 0. The number of amides is 1. The molecular formula is C28H31N3O4S. The summed E-state index contributed by atoms with van der Waals surface area (Å²) in [6.45, 7) is 8.58. The van der Waals surface area contributed by atoms with Crippen molar-refractivity contribution in [1.29, 1.82) is 0 Å². The summed E-state index contributed by atoms with van der Waals surface area (Å²) < 4.78 is 11.5. The van der Waals surface area contributed by atoms with Gasteiger partial charge in [0.1, 0.15) is 11.5 Å². The maximum absolute atomic E-state index is 13.2. The SMILES string of the molecule is CCOC(=O)C1=C(C)N=C2SC=C(CC(=O)NCC(C)C)N2C1c1cccc(Oc2ccccc2)c1. The summed E-state index contributed by atoms with van der Waals surface area (Å²) in [5.41, 5.74) is 2.68. The second-order valence-corrected chi connectivity index (χ2v) is 9.81. The summed E-state index contributed by atoms with van der Waals surface area (Å²) >= 11 is 1.45. The van der Waals surface area contributed by atoms with Gasteiger partial charge in [-0.15, -0.1) is 0 Å². The zero-order valence-electron chi connectivity index (χ0n) is 21.0. The number of aliphatic imine (C=N–C) groups is 1. The summed E-state index contributed by atoms with van der Waals surface area (Å²) in [6, 6.07) is 16.7. The van der Waals surface area contributed by atoms with Gasteiger partial charge in [0.2, 0.25) is 5.91 Å². The van der Waals surface area contributed by atoms with Crippen LogP contribution in [0.2, 0.25) is 0 Å². The van der Waals surface area contributed by atoms with E-state index < -0.39 is 12.0 Å². The minimum absolute atomic E-state index is 0.0688. The van der Waals surface area contributed by atoms with Gasteiger partial charge in [0.15, 0.2) is 5.17 Å². The monoisotopic (exact) mass is 505 g/mol. The number of ether oxygens (including phenoxy) is 2. The van der Waals surface area contributed by atoms with Crippen molar-refractivity contribution in [3.8, 4) is 11.5 Å². The molecule has 0 aromatic heterocycles. The van der Waals surface area contributed by atoms with Crippen molar-refractivity contribution in [3.63, 3.8) is 0 Å². The zero-order chi connectivity index (χ0) is 25.7. The van der Waals surface area contributed by atoms with E-state index in [0.717, 1.165) is 22.2 Å². The number of hydrogen-bond donors (Lipinski definition) is 1. The number of esters is 1. The van der Waals surface area contributed by atoms with Gasteiger partial charge in [0.05, 0.1) is 30.3 Å². The number of benzene rings is 2. The number of hydrogen-bond acceptors (Lipinski definition) is 7. The number of nitrogens with zero attached hydrogens (tertiary/aromatic N) is 2. The minimum atomic E-state index is -0.505. The summed E-state index contributed by atoms with van der Waals surface area (Å²) in [4.78, 5) is 32.5.